The zero-order chi connectivity index (χ0) is 9.28. The molecule has 0 saturated carbocycles. The van der Waals surface area contributed by atoms with E-state index in [1.807, 2.05) is 5.92 Å². The number of carbonyl (C=O) groups is 2. The van der Waals surface area contributed by atoms with Crippen molar-refractivity contribution in [2.24, 2.45) is 0 Å². The van der Waals surface area contributed by atoms with Crippen molar-refractivity contribution in [3.63, 3.8) is 0 Å². The van der Waals surface area contributed by atoms with Gasteiger partial charge in [-0.25, -0.2) is 4.79 Å². The van der Waals surface area contributed by atoms with Gasteiger partial charge >= 0.3 is 11.9 Å². The minimum Gasteiger partial charge on any atom is -0.481 e. The van der Waals surface area contributed by atoms with Crippen LogP contribution in [-0.2, 0) is 9.59 Å². The quantitative estimate of drug-likeness (QED) is 0.513. The molecule has 11 heavy (non-hydrogen) atoms. The zero-order valence-electron chi connectivity index (χ0n) is 5.57. The van der Waals surface area contributed by atoms with E-state index in [9.17, 15) is 4.79 Å². The average molecular weight is 154 g/mol. The van der Waals surface area contributed by atoms with Crippen molar-refractivity contribution < 1.29 is 19.8 Å². The smallest absolute Gasteiger partial charge is 0.381 e. The third-order valence-corrected chi connectivity index (χ3v) is 0.377. The molecule has 0 aromatic rings. The molecule has 0 fully saturated rings. The number of carboxylic acid groups (broad SMARTS) is 2. The highest BCUT2D eigenvalue weighted by atomic mass is 16.4. The van der Waals surface area contributed by atoms with Gasteiger partial charge in [-0.2, -0.15) is 0 Å². The Hall–Kier alpha value is -1.94. The van der Waals surface area contributed by atoms with Crippen LogP contribution in [0.15, 0.2) is 0 Å². The lowest BCUT2D eigenvalue weighted by Gasteiger charge is -1.72. The Labute approximate surface area is 63.8 Å². The van der Waals surface area contributed by atoms with Gasteiger partial charge in [0.25, 0.3) is 0 Å². The molecule has 0 aliphatic carbocycles. The van der Waals surface area contributed by atoms with Crippen LogP contribution in [0, 0.1) is 24.7 Å². The third kappa shape index (κ3) is 31.6. The maximum absolute atomic E-state index is 9.46. The second kappa shape index (κ2) is 8.06. The van der Waals surface area contributed by atoms with Crippen LogP contribution in [0.25, 0.3) is 0 Å². The first kappa shape index (κ1) is 11.8. The molecule has 0 aromatic carbocycles. The maximum Gasteiger partial charge on any atom is 0.381 e. The van der Waals surface area contributed by atoms with Crippen LogP contribution >= 0.6 is 0 Å². The largest absolute Gasteiger partial charge is 0.481 e. The molecular weight excluding hydrogens is 148 g/mol. The predicted molar refractivity (Wildman–Crippen MR) is 37.6 cm³/mol. The molecule has 0 radical (unpaired) electrons. The highest BCUT2D eigenvalue weighted by Gasteiger charge is 1.84. The van der Waals surface area contributed by atoms with Gasteiger partial charge in [-0.05, 0) is 0 Å². The Morgan fingerprint density at radius 3 is 1.64 bits per heavy atom. The maximum atomic E-state index is 9.46. The minimum absolute atomic E-state index is 0.181. The van der Waals surface area contributed by atoms with Crippen LogP contribution in [-0.4, -0.2) is 22.2 Å². The van der Waals surface area contributed by atoms with E-state index in [1.165, 1.54) is 5.92 Å². The van der Waals surface area contributed by atoms with Crippen LogP contribution in [0.5, 0.6) is 0 Å². The molecule has 2 N–H and O–H groups in total. The Kier molecular flexibility index (Phi) is 8.65. The molecule has 4 nitrogen and oxygen atoms in total. The fraction of sp³-hybridized carbons (Fsp3) is 0.143. The number of carboxylic acids is 2. The molecule has 0 rings (SSSR count). The van der Waals surface area contributed by atoms with Gasteiger partial charge in [-0.15, -0.1) is 12.8 Å². The number of aliphatic carboxylic acids is 2. The second-order valence-corrected chi connectivity index (χ2v) is 1.22. The van der Waals surface area contributed by atoms with Gasteiger partial charge in [-0.1, -0.05) is 5.92 Å². The van der Waals surface area contributed by atoms with Gasteiger partial charge in [-0.3, -0.25) is 4.79 Å². The van der Waals surface area contributed by atoms with E-state index in [2.05, 4.69) is 12.8 Å². The van der Waals surface area contributed by atoms with Crippen LogP contribution in [0.1, 0.15) is 6.42 Å². The number of hydrogen-bond acceptors (Lipinski definition) is 2. The summed E-state index contributed by atoms with van der Waals surface area (Å²) in [5, 5.41) is 15.3. The van der Waals surface area contributed by atoms with E-state index in [0.29, 0.717) is 0 Å². The molecule has 0 saturated heterocycles. The van der Waals surface area contributed by atoms with Crippen molar-refractivity contribution >= 4 is 11.9 Å². The van der Waals surface area contributed by atoms with Gasteiger partial charge in [0, 0.05) is 5.92 Å². The number of hydrogen-bond donors (Lipinski definition) is 2. The molecule has 0 aliphatic rings. The SMILES string of the molecule is C#CC(=O)O.C#CCC(=O)O. The highest BCUT2D eigenvalue weighted by Crippen LogP contribution is 1.68. The first-order valence-electron chi connectivity index (χ1n) is 2.39. The van der Waals surface area contributed by atoms with Gasteiger partial charge in [0.1, 0.15) is 6.42 Å². The minimum atomic E-state index is -1.22. The fourth-order valence-electron chi connectivity index (χ4n) is 0.0873. The molecule has 0 spiro atoms. The van der Waals surface area contributed by atoms with E-state index < -0.39 is 11.9 Å². The summed E-state index contributed by atoms with van der Waals surface area (Å²) in [5.41, 5.74) is 0. The molecule has 0 atom stereocenters. The molecule has 0 aliphatic heterocycles. The van der Waals surface area contributed by atoms with E-state index >= 15 is 0 Å². The molecule has 0 unspecified atom stereocenters. The molecule has 58 valence electrons. The summed E-state index contributed by atoms with van der Waals surface area (Å²) < 4.78 is 0. The standard InChI is InChI=1S/C4H4O2.C3H2O2/c1-2-3-4(5)6;1-2-3(4)5/h1H,3H2,(H,5,6);1H,(H,4,5). The van der Waals surface area contributed by atoms with Crippen LogP contribution in [0.4, 0.5) is 0 Å². The lowest BCUT2D eigenvalue weighted by atomic mass is 10.5. The summed E-state index contributed by atoms with van der Waals surface area (Å²) in [6.45, 7) is 0. The van der Waals surface area contributed by atoms with Crippen LogP contribution < -0.4 is 0 Å². The fourth-order valence-corrected chi connectivity index (χ4v) is 0.0873. The van der Waals surface area contributed by atoms with Gasteiger partial charge in [0.05, 0.1) is 0 Å². The number of terminal acetylenes is 2. The first-order chi connectivity index (χ1) is 5.04. The van der Waals surface area contributed by atoms with Crippen LogP contribution in [0.3, 0.4) is 0 Å². The molecule has 0 heterocycles. The Bertz CT molecular complexity index is 216. The highest BCUT2D eigenvalue weighted by molar-refractivity contribution is 5.85. The Morgan fingerprint density at radius 2 is 1.64 bits per heavy atom. The summed E-state index contributed by atoms with van der Waals surface area (Å²) in [6, 6.07) is 0. The van der Waals surface area contributed by atoms with Crippen molar-refractivity contribution in [2.75, 3.05) is 0 Å². The second-order valence-electron chi connectivity index (χ2n) is 1.22. The van der Waals surface area contributed by atoms with E-state index in [1.54, 1.807) is 0 Å². The van der Waals surface area contributed by atoms with Gasteiger partial charge in [0.2, 0.25) is 0 Å². The van der Waals surface area contributed by atoms with E-state index in [-0.39, 0.29) is 6.42 Å². The molecule has 4 heteroatoms. The Morgan fingerprint density at radius 1 is 1.27 bits per heavy atom. The average Bonchev–Trinajstić information content (AvgIpc) is 1.89. The first-order valence-corrected chi connectivity index (χ1v) is 2.39. The summed E-state index contributed by atoms with van der Waals surface area (Å²) in [5.74, 6) is 1.25. The topological polar surface area (TPSA) is 74.6 Å². The van der Waals surface area contributed by atoms with Crippen molar-refractivity contribution in [3.05, 3.63) is 0 Å². The van der Waals surface area contributed by atoms with Crippen molar-refractivity contribution in [2.45, 2.75) is 6.42 Å². The molecule has 0 aromatic heterocycles. The lowest BCUT2D eigenvalue weighted by Crippen LogP contribution is -1.88. The van der Waals surface area contributed by atoms with E-state index in [4.69, 9.17) is 15.0 Å². The van der Waals surface area contributed by atoms with E-state index in [0.717, 1.165) is 0 Å². The van der Waals surface area contributed by atoms with Crippen LogP contribution in [0.2, 0.25) is 0 Å². The molecule has 0 amide bonds. The number of rotatable bonds is 1. The van der Waals surface area contributed by atoms with Crippen molar-refractivity contribution in [3.8, 4) is 24.7 Å². The lowest BCUT2D eigenvalue weighted by molar-refractivity contribution is -0.135. The van der Waals surface area contributed by atoms with Gasteiger partial charge in [0.15, 0.2) is 0 Å². The summed E-state index contributed by atoms with van der Waals surface area (Å²) in [6.07, 6.45) is 8.74. The Balaban J connectivity index is 0. The summed E-state index contributed by atoms with van der Waals surface area (Å²) >= 11 is 0. The normalized spacial score (nSPS) is 6.00. The summed E-state index contributed by atoms with van der Waals surface area (Å²) in [4.78, 5) is 18.6. The monoisotopic (exact) mass is 154 g/mol. The summed E-state index contributed by atoms with van der Waals surface area (Å²) in [7, 11) is 0. The zero-order valence-corrected chi connectivity index (χ0v) is 5.57. The molecule has 0 bridgehead atoms. The third-order valence-electron chi connectivity index (χ3n) is 0.377. The van der Waals surface area contributed by atoms with Crippen molar-refractivity contribution in [1.29, 1.82) is 0 Å². The molecular formula is C7H6O4. The van der Waals surface area contributed by atoms with Crippen molar-refractivity contribution in [1.82, 2.24) is 0 Å². The predicted octanol–water partition coefficient (Wildman–Crippen LogP) is -0.201. The van der Waals surface area contributed by atoms with Gasteiger partial charge < -0.3 is 10.2 Å².